The van der Waals surface area contributed by atoms with Crippen molar-refractivity contribution in [2.75, 3.05) is 6.61 Å². The summed E-state index contributed by atoms with van der Waals surface area (Å²) in [4.78, 5) is 17.6. The molecule has 8 heteroatoms. The van der Waals surface area contributed by atoms with E-state index >= 15 is 0 Å². The molecule has 1 aliphatic rings. The Hall–Kier alpha value is -2.38. The van der Waals surface area contributed by atoms with Gasteiger partial charge in [-0.05, 0) is 46.8 Å². The van der Waals surface area contributed by atoms with Crippen molar-refractivity contribution in [3.05, 3.63) is 35.0 Å². The Morgan fingerprint density at radius 2 is 2.03 bits per heavy atom. The minimum Gasteiger partial charge on any atom is -0.369 e. The fraction of sp³-hybridized carbons (Fsp3) is 0.429. The highest BCUT2D eigenvalue weighted by Gasteiger charge is 2.29. The molecule has 1 aromatic carbocycles. The van der Waals surface area contributed by atoms with Crippen LogP contribution in [0.25, 0.3) is 22.3 Å². The van der Waals surface area contributed by atoms with E-state index in [1.165, 1.54) is 12.3 Å². The molecule has 0 unspecified atom stereocenters. The molecule has 0 bridgehead atoms. The Kier molecular flexibility index (Phi) is 4.91. The minimum atomic E-state index is -0.409. The smallest absolute Gasteiger partial charge is 0.249 e. The highest BCUT2D eigenvalue weighted by molar-refractivity contribution is 6.33. The van der Waals surface area contributed by atoms with Gasteiger partial charge in [-0.25, -0.2) is 24.3 Å². The van der Waals surface area contributed by atoms with Gasteiger partial charge in [0.1, 0.15) is 11.3 Å². The summed E-state index contributed by atoms with van der Waals surface area (Å²) in [6, 6.07) is 3.42. The molecule has 1 saturated heterocycles. The van der Waals surface area contributed by atoms with Crippen LogP contribution in [0.3, 0.4) is 0 Å². The molecule has 0 amide bonds. The summed E-state index contributed by atoms with van der Waals surface area (Å²) >= 11 is 6.36. The standard InChI is InChI=1S/C21H23ClFN5O/c1-11(2)28-12(3)25-19-16(23)6-13(7-17(19)28)18-15(22)9-24-20(27-18)26-14-8-21(4,5)29-10-14/h6-7,9,11H,8,10H2,1-5H3/b26-14-. The minimum absolute atomic E-state index is 0.142. The van der Waals surface area contributed by atoms with Crippen molar-refractivity contribution >= 4 is 34.3 Å². The number of aryl methyl sites for hydroxylation is 1. The van der Waals surface area contributed by atoms with Gasteiger partial charge < -0.3 is 9.30 Å². The predicted molar refractivity (Wildman–Crippen MR) is 113 cm³/mol. The summed E-state index contributed by atoms with van der Waals surface area (Å²) in [5.74, 6) is 0.638. The van der Waals surface area contributed by atoms with E-state index in [1.54, 1.807) is 0 Å². The molecule has 29 heavy (non-hydrogen) atoms. The lowest BCUT2D eigenvalue weighted by molar-refractivity contribution is 0.0385. The van der Waals surface area contributed by atoms with Gasteiger partial charge in [-0.2, -0.15) is 0 Å². The Morgan fingerprint density at radius 3 is 2.69 bits per heavy atom. The summed E-state index contributed by atoms with van der Waals surface area (Å²) in [6.07, 6.45) is 2.21. The maximum absolute atomic E-state index is 14.8. The van der Waals surface area contributed by atoms with Crippen LogP contribution in [0, 0.1) is 12.7 Å². The average Bonchev–Trinajstić information content (AvgIpc) is 3.15. The second-order valence-electron chi connectivity index (χ2n) is 8.22. The van der Waals surface area contributed by atoms with Gasteiger partial charge in [0.25, 0.3) is 0 Å². The lowest BCUT2D eigenvalue weighted by Crippen LogP contribution is -2.16. The number of aliphatic imine (C=N–C) groups is 1. The van der Waals surface area contributed by atoms with Crippen LogP contribution in [0.15, 0.2) is 23.3 Å². The first-order chi connectivity index (χ1) is 13.6. The van der Waals surface area contributed by atoms with Gasteiger partial charge in [0.05, 0.1) is 40.3 Å². The largest absolute Gasteiger partial charge is 0.369 e. The van der Waals surface area contributed by atoms with E-state index in [0.29, 0.717) is 40.3 Å². The van der Waals surface area contributed by atoms with Crippen molar-refractivity contribution in [2.24, 2.45) is 4.99 Å². The molecule has 152 valence electrons. The molecule has 0 atom stereocenters. The molecule has 0 radical (unpaired) electrons. The first-order valence-electron chi connectivity index (χ1n) is 9.56. The first-order valence-corrected chi connectivity index (χ1v) is 9.94. The molecule has 3 aromatic rings. The van der Waals surface area contributed by atoms with E-state index < -0.39 is 5.82 Å². The molecular weight excluding hydrogens is 393 g/mol. The molecule has 1 aliphatic heterocycles. The Labute approximate surface area is 173 Å². The van der Waals surface area contributed by atoms with Crippen LogP contribution in [0.4, 0.5) is 10.3 Å². The summed E-state index contributed by atoms with van der Waals surface area (Å²) in [5.41, 5.74) is 2.69. The van der Waals surface area contributed by atoms with E-state index in [-0.39, 0.29) is 17.6 Å². The first kappa shape index (κ1) is 19.9. The zero-order valence-electron chi connectivity index (χ0n) is 17.1. The molecule has 3 heterocycles. The molecule has 2 aromatic heterocycles. The number of ether oxygens (including phenoxy) is 1. The van der Waals surface area contributed by atoms with Crippen LogP contribution in [-0.2, 0) is 4.74 Å². The fourth-order valence-corrected chi connectivity index (χ4v) is 3.96. The third-order valence-electron chi connectivity index (χ3n) is 4.96. The van der Waals surface area contributed by atoms with E-state index in [2.05, 4.69) is 19.9 Å². The quantitative estimate of drug-likeness (QED) is 0.570. The molecule has 4 rings (SSSR count). The molecular formula is C21H23ClFN5O. The molecule has 1 fully saturated rings. The highest BCUT2D eigenvalue weighted by Crippen LogP contribution is 2.33. The summed E-state index contributed by atoms with van der Waals surface area (Å²) in [5, 5.41) is 0.336. The number of imidazole rings is 1. The fourth-order valence-electron chi connectivity index (χ4n) is 3.76. The Bertz CT molecular complexity index is 1140. The number of hydrogen-bond donors (Lipinski definition) is 0. The van der Waals surface area contributed by atoms with Gasteiger partial charge in [0.15, 0.2) is 5.82 Å². The van der Waals surface area contributed by atoms with Gasteiger partial charge in [0.2, 0.25) is 5.95 Å². The van der Waals surface area contributed by atoms with Crippen LogP contribution in [0.1, 0.15) is 46.0 Å². The summed E-state index contributed by atoms with van der Waals surface area (Å²) < 4.78 is 22.5. The maximum Gasteiger partial charge on any atom is 0.249 e. The van der Waals surface area contributed by atoms with Gasteiger partial charge in [0, 0.05) is 18.0 Å². The summed E-state index contributed by atoms with van der Waals surface area (Å²) in [7, 11) is 0. The molecule has 0 saturated carbocycles. The Morgan fingerprint density at radius 1 is 1.28 bits per heavy atom. The number of hydrogen-bond acceptors (Lipinski definition) is 5. The van der Waals surface area contributed by atoms with Crippen LogP contribution >= 0.6 is 11.6 Å². The van der Waals surface area contributed by atoms with Crippen molar-refractivity contribution in [2.45, 2.75) is 52.7 Å². The predicted octanol–water partition coefficient (Wildman–Crippen LogP) is 5.45. The number of aromatic nitrogens is 4. The highest BCUT2D eigenvalue weighted by atomic mass is 35.5. The average molecular weight is 416 g/mol. The van der Waals surface area contributed by atoms with Crippen molar-refractivity contribution in [3.8, 4) is 11.3 Å². The SMILES string of the molecule is Cc1nc2c(F)cc(-c3nc(/N=C4\COC(C)(C)C4)ncc3Cl)cc2n1C(C)C. The molecule has 0 aliphatic carbocycles. The van der Waals surface area contributed by atoms with Crippen molar-refractivity contribution in [1.82, 2.24) is 19.5 Å². The van der Waals surface area contributed by atoms with E-state index in [0.717, 1.165) is 11.5 Å². The summed E-state index contributed by atoms with van der Waals surface area (Å²) in [6.45, 7) is 10.4. The van der Waals surface area contributed by atoms with E-state index in [9.17, 15) is 4.39 Å². The molecule has 0 N–H and O–H groups in total. The molecule has 6 nitrogen and oxygen atoms in total. The maximum atomic E-state index is 14.8. The Balaban J connectivity index is 1.81. The second kappa shape index (κ2) is 7.15. The monoisotopic (exact) mass is 415 g/mol. The van der Waals surface area contributed by atoms with E-state index in [4.69, 9.17) is 16.3 Å². The van der Waals surface area contributed by atoms with Crippen molar-refractivity contribution < 1.29 is 9.13 Å². The van der Waals surface area contributed by atoms with Gasteiger partial charge in [-0.3, -0.25) is 0 Å². The number of halogens is 2. The van der Waals surface area contributed by atoms with Crippen LogP contribution in [-0.4, -0.2) is 37.4 Å². The zero-order valence-corrected chi connectivity index (χ0v) is 17.9. The number of benzene rings is 1. The van der Waals surface area contributed by atoms with Gasteiger partial charge >= 0.3 is 0 Å². The number of rotatable bonds is 3. The normalized spacial score (nSPS) is 17.7. The number of fused-ring (bicyclic) bond motifs is 1. The lowest BCUT2D eigenvalue weighted by Gasteiger charge is -2.13. The van der Waals surface area contributed by atoms with Crippen LogP contribution in [0.5, 0.6) is 0 Å². The van der Waals surface area contributed by atoms with Crippen LogP contribution in [0.2, 0.25) is 5.02 Å². The van der Waals surface area contributed by atoms with E-state index in [1.807, 2.05) is 45.3 Å². The third-order valence-corrected chi connectivity index (χ3v) is 5.24. The number of nitrogens with zero attached hydrogens (tertiary/aromatic N) is 5. The molecule has 0 spiro atoms. The van der Waals surface area contributed by atoms with Crippen LogP contribution < -0.4 is 0 Å². The topological polar surface area (TPSA) is 65.2 Å². The lowest BCUT2D eigenvalue weighted by atomic mass is 10.1. The van der Waals surface area contributed by atoms with Gasteiger partial charge in [-0.15, -0.1) is 0 Å². The van der Waals surface area contributed by atoms with Crippen molar-refractivity contribution in [3.63, 3.8) is 0 Å². The third kappa shape index (κ3) is 3.76. The van der Waals surface area contributed by atoms with Crippen molar-refractivity contribution in [1.29, 1.82) is 0 Å². The van der Waals surface area contributed by atoms with Gasteiger partial charge in [-0.1, -0.05) is 11.6 Å². The second-order valence-corrected chi connectivity index (χ2v) is 8.63. The zero-order chi connectivity index (χ0) is 20.9.